The van der Waals surface area contributed by atoms with Gasteiger partial charge in [-0.25, -0.2) is 13.2 Å². The van der Waals surface area contributed by atoms with Gasteiger partial charge in [0.25, 0.3) is 10.0 Å². The average molecular weight is 505 g/mol. The van der Waals surface area contributed by atoms with Crippen LogP contribution in [0.25, 0.3) is 5.69 Å². The van der Waals surface area contributed by atoms with Crippen molar-refractivity contribution in [2.45, 2.75) is 30.7 Å². The van der Waals surface area contributed by atoms with Crippen LogP contribution in [0, 0.1) is 0 Å². The Labute approximate surface area is 189 Å². The highest BCUT2D eigenvalue weighted by Gasteiger charge is 2.38. The van der Waals surface area contributed by atoms with Gasteiger partial charge in [0.1, 0.15) is 0 Å². The molecule has 31 heavy (non-hydrogen) atoms. The maximum Gasteiger partial charge on any atom is 0.505 e. The van der Waals surface area contributed by atoms with E-state index in [0.29, 0.717) is 18.5 Å². The predicted molar refractivity (Wildman–Crippen MR) is 120 cm³/mol. The van der Waals surface area contributed by atoms with Gasteiger partial charge >= 0.3 is 6.16 Å². The molecule has 3 aromatic rings. The molecule has 0 radical (unpaired) electrons. The van der Waals surface area contributed by atoms with E-state index in [1.807, 2.05) is 48.0 Å². The highest BCUT2D eigenvalue weighted by Crippen LogP contribution is 2.44. The Hall–Kier alpha value is -2.78. The van der Waals surface area contributed by atoms with Crippen LogP contribution in [0.2, 0.25) is 0 Å². The van der Waals surface area contributed by atoms with Gasteiger partial charge in [0.2, 0.25) is 0 Å². The molecule has 0 amide bonds. The van der Waals surface area contributed by atoms with Gasteiger partial charge in [-0.15, -0.1) is 0 Å². The number of benzene rings is 2. The molecular weight excluding hydrogens is 484 g/mol. The first-order chi connectivity index (χ1) is 14.8. The van der Waals surface area contributed by atoms with Crippen molar-refractivity contribution in [3.63, 3.8) is 0 Å². The topological polar surface area (TPSA) is 88.8 Å². The first-order valence-electron chi connectivity index (χ1n) is 9.79. The Bertz CT molecular complexity index is 1220. The van der Waals surface area contributed by atoms with E-state index in [4.69, 9.17) is 5.11 Å². The second-order valence-corrected chi connectivity index (χ2v) is 9.90. The SMILES string of the molecule is CC[C@H]1c2cccn2-c2ccc(Br)cc2N1S(=O)(=O)c1ccc(CCOC(=O)O)cc1. The number of hydrogen-bond donors (Lipinski definition) is 1. The van der Waals surface area contributed by atoms with Crippen LogP contribution in [0.5, 0.6) is 0 Å². The van der Waals surface area contributed by atoms with E-state index in [2.05, 4.69) is 20.7 Å². The molecule has 0 spiro atoms. The van der Waals surface area contributed by atoms with Gasteiger partial charge in [0.05, 0.1) is 28.9 Å². The molecule has 7 nitrogen and oxygen atoms in total. The van der Waals surface area contributed by atoms with Crippen molar-refractivity contribution in [1.29, 1.82) is 0 Å². The third-order valence-electron chi connectivity index (χ3n) is 5.32. The Morgan fingerprint density at radius 3 is 2.55 bits per heavy atom. The van der Waals surface area contributed by atoms with Gasteiger partial charge < -0.3 is 14.4 Å². The number of hydrogen-bond acceptors (Lipinski definition) is 4. The summed E-state index contributed by atoms with van der Waals surface area (Å²) in [6.07, 6.45) is 1.60. The van der Waals surface area contributed by atoms with Crippen molar-refractivity contribution < 1.29 is 23.1 Å². The molecule has 1 aromatic heterocycles. The van der Waals surface area contributed by atoms with E-state index in [1.54, 1.807) is 24.3 Å². The zero-order valence-electron chi connectivity index (χ0n) is 16.7. The molecule has 2 heterocycles. The van der Waals surface area contributed by atoms with E-state index < -0.39 is 16.2 Å². The predicted octanol–water partition coefficient (Wildman–Crippen LogP) is 5.14. The molecule has 0 fully saturated rings. The Morgan fingerprint density at radius 1 is 1.13 bits per heavy atom. The van der Waals surface area contributed by atoms with Crippen molar-refractivity contribution >= 4 is 37.8 Å². The lowest BCUT2D eigenvalue weighted by atomic mass is 10.1. The summed E-state index contributed by atoms with van der Waals surface area (Å²) in [6.45, 7) is 1.99. The van der Waals surface area contributed by atoms with Gasteiger partial charge in [-0.1, -0.05) is 35.0 Å². The van der Waals surface area contributed by atoms with E-state index in [9.17, 15) is 13.2 Å². The minimum atomic E-state index is -3.85. The second kappa shape index (κ2) is 8.39. The van der Waals surface area contributed by atoms with E-state index in [-0.39, 0.29) is 17.5 Å². The molecule has 1 aliphatic heterocycles. The molecule has 4 rings (SSSR count). The van der Waals surface area contributed by atoms with Gasteiger partial charge in [-0.05, 0) is 54.4 Å². The first-order valence-corrected chi connectivity index (χ1v) is 12.0. The average Bonchev–Trinajstić information content (AvgIpc) is 3.22. The number of halogens is 1. The Balaban J connectivity index is 1.73. The van der Waals surface area contributed by atoms with Crippen LogP contribution < -0.4 is 4.31 Å². The summed E-state index contributed by atoms with van der Waals surface area (Å²) < 4.78 is 36.4. The third-order valence-corrected chi connectivity index (χ3v) is 7.65. The Morgan fingerprint density at radius 2 is 1.87 bits per heavy atom. The fourth-order valence-electron chi connectivity index (χ4n) is 3.92. The maximum atomic E-state index is 13.8. The number of sulfonamides is 1. The molecule has 9 heteroatoms. The summed E-state index contributed by atoms with van der Waals surface area (Å²) in [4.78, 5) is 10.7. The summed E-state index contributed by atoms with van der Waals surface area (Å²) in [5.41, 5.74) is 3.13. The second-order valence-electron chi connectivity index (χ2n) is 7.17. The minimum absolute atomic E-state index is 0.0177. The van der Waals surface area contributed by atoms with Crippen molar-refractivity contribution in [3.05, 3.63) is 76.5 Å². The number of fused-ring (bicyclic) bond motifs is 3. The van der Waals surface area contributed by atoms with E-state index in [1.165, 1.54) is 4.31 Å². The van der Waals surface area contributed by atoms with Crippen LogP contribution >= 0.6 is 15.9 Å². The molecule has 1 atom stereocenters. The lowest BCUT2D eigenvalue weighted by molar-refractivity contribution is 0.0927. The molecule has 0 saturated carbocycles. The molecule has 0 unspecified atom stereocenters. The Kier molecular flexibility index (Phi) is 5.81. The van der Waals surface area contributed by atoms with Gasteiger partial charge in [0, 0.05) is 22.8 Å². The van der Waals surface area contributed by atoms with Crippen molar-refractivity contribution in [2.75, 3.05) is 10.9 Å². The lowest BCUT2D eigenvalue weighted by Crippen LogP contribution is -2.39. The highest BCUT2D eigenvalue weighted by molar-refractivity contribution is 9.10. The molecular formula is C22H21BrN2O5S. The summed E-state index contributed by atoms with van der Waals surface area (Å²) in [6, 6.07) is 15.7. The number of carbonyl (C=O) groups is 1. The highest BCUT2D eigenvalue weighted by atomic mass is 79.9. The summed E-state index contributed by atoms with van der Waals surface area (Å²) >= 11 is 3.47. The van der Waals surface area contributed by atoms with Crippen LogP contribution in [0.15, 0.2) is 70.2 Å². The van der Waals surface area contributed by atoms with Gasteiger partial charge in [0.15, 0.2) is 0 Å². The van der Waals surface area contributed by atoms with E-state index >= 15 is 0 Å². The minimum Gasteiger partial charge on any atom is -0.450 e. The molecule has 2 aromatic carbocycles. The van der Waals surface area contributed by atoms with Crippen LogP contribution in [0.4, 0.5) is 10.5 Å². The smallest absolute Gasteiger partial charge is 0.450 e. The van der Waals surface area contributed by atoms with Crippen molar-refractivity contribution in [3.8, 4) is 5.69 Å². The van der Waals surface area contributed by atoms with Crippen LogP contribution in [-0.4, -0.2) is 30.9 Å². The zero-order chi connectivity index (χ0) is 22.2. The van der Waals surface area contributed by atoms with E-state index in [0.717, 1.165) is 21.4 Å². The van der Waals surface area contributed by atoms with Gasteiger partial charge in [-0.3, -0.25) is 4.31 Å². The van der Waals surface area contributed by atoms with Crippen LogP contribution in [0.1, 0.15) is 30.6 Å². The van der Waals surface area contributed by atoms with Crippen LogP contribution in [0.3, 0.4) is 0 Å². The summed E-state index contributed by atoms with van der Waals surface area (Å²) in [5, 5.41) is 8.58. The molecule has 1 aliphatic rings. The van der Waals surface area contributed by atoms with Crippen molar-refractivity contribution in [2.24, 2.45) is 0 Å². The number of carboxylic acid groups (broad SMARTS) is 1. The summed E-state index contributed by atoms with van der Waals surface area (Å²) in [7, 11) is -3.85. The normalized spacial score (nSPS) is 15.3. The maximum absolute atomic E-state index is 13.8. The standard InChI is InChI=1S/C22H21BrN2O5S/c1-2-18-19-4-3-12-24(19)20-10-7-16(23)14-21(20)25(18)31(28,29)17-8-5-15(6-9-17)11-13-30-22(26)27/h3-10,12,14,18H,2,11,13H2,1H3,(H,26,27)/t18-/m0/s1. The number of rotatable bonds is 6. The fourth-order valence-corrected chi connectivity index (χ4v) is 5.97. The molecule has 162 valence electrons. The number of aromatic nitrogens is 1. The van der Waals surface area contributed by atoms with Crippen molar-refractivity contribution in [1.82, 2.24) is 4.57 Å². The number of ether oxygens (including phenoxy) is 1. The fraction of sp³-hybridized carbons (Fsp3) is 0.227. The molecule has 0 saturated heterocycles. The first kappa shape index (κ1) is 21.5. The largest absolute Gasteiger partial charge is 0.505 e. The summed E-state index contributed by atoms with van der Waals surface area (Å²) in [5.74, 6) is 0. The zero-order valence-corrected chi connectivity index (χ0v) is 19.1. The molecule has 1 N–H and O–H groups in total. The van der Waals surface area contributed by atoms with Crippen LogP contribution in [-0.2, 0) is 21.2 Å². The lowest BCUT2D eigenvalue weighted by Gasteiger charge is -2.38. The molecule has 0 aliphatic carbocycles. The third kappa shape index (κ3) is 3.95. The van der Waals surface area contributed by atoms with Gasteiger partial charge in [-0.2, -0.15) is 0 Å². The monoisotopic (exact) mass is 504 g/mol. The molecule has 0 bridgehead atoms. The quantitative estimate of drug-likeness (QED) is 0.469. The number of nitrogens with zero attached hydrogens (tertiary/aromatic N) is 2. The number of anilines is 1.